The summed E-state index contributed by atoms with van der Waals surface area (Å²) in [5.41, 5.74) is 6.72. The van der Waals surface area contributed by atoms with E-state index in [1.54, 1.807) is 31.4 Å². The van der Waals surface area contributed by atoms with Gasteiger partial charge in [0.05, 0.1) is 7.11 Å². The molecule has 1 aliphatic heterocycles. The highest BCUT2D eigenvalue weighted by atomic mass is 35.5. The highest BCUT2D eigenvalue weighted by molar-refractivity contribution is 5.96. The summed E-state index contributed by atoms with van der Waals surface area (Å²) < 4.78 is 5.08. The zero-order chi connectivity index (χ0) is 17.7. The molecule has 5 nitrogen and oxygen atoms in total. The molecule has 6 heteroatoms. The van der Waals surface area contributed by atoms with Crippen molar-refractivity contribution in [1.29, 1.82) is 0 Å². The van der Waals surface area contributed by atoms with Gasteiger partial charge in [-0.3, -0.25) is 9.59 Å². The number of carbonyl (C=O) groups is 2. The molecule has 1 saturated heterocycles. The van der Waals surface area contributed by atoms with Crippen LogP contribution in [-0.4, -0.2) is 42.8 Å². The van der Waals surface area contributed by atoms with Crippen molar-refractivity contribution in [2.24, 2.45) is 11.1 Å². The first-order chi connectivity index (χ1) is 11.3. The van der Waals surface area contributed by atoms with E-state index >= 15 is 0 Å². The summed E-state index contributed by atoms with van der Waals surface area (Å²) in [6, 6.07) is 7.21. The Labute approximate surface area is 156 Å². The zero-order valence-corrected chi connectivity index (χ0v) is 16.1. The van der Waals surface area contributed by atoms with Gasteiger partial charge >= 0.3 is 0 Å². The summed E-state index contributed by atoms with van der Waals surface area (Å²) in [5, 5.41) is 0. The lowest BCUT2D eigenvalue weighted by Crippen LogP contribution is -2.53. The number of rotatable bonds is 6. The second kappa shape index (κ2) is 9.20. The normalized spacial score (nSPS) is 19.0. The Hall–Kier alpha value is -1.59. The lowest BCUT2D eigenvalue weighted by Gasteiger charge is -2.42. The summed E-state index contributed by atoms with van der Waals surface area (Å²) in [4.78, 5) is 26.4. The molecule has 2 rings (SSSR count). The monoisotopic (exact) mass is 368 g/mol. The number of likely N-dealkylation sites (tertiary alicyclic amines) is 1. The van der Waals surface area contributed by atoms with Crippen molar-refractivity contribution in [3.05, 3.63) is 29.8 Å². The van der Waals surface area contributed by atoms with E-state index in [2.05, 4.69) is 13.8 Å². The number of hydrogen-bond donors (Lipinski definition) is 1. The Balaban J connectivity index is 0.00000312. The fourth-order valence-corrected chi connectivity index (χ4v) is 3.07. The van der Waals surface area contributed by atoms with Gasteiger partial charge in [0.15, 0.2) is 5.78 Å². The molecule has 1 aromatic rings. The molecule has 1 amide bonds. The van der Waals surface area contributed by atoms with Crippen molar-refractivity contribution in [3.8, 4) is 5.75 Å². The van der Waals surface area contributed by atoms with E-state index in [-0.39, 0.29) is 35.6 Å². The van der Waals surface area contributed by atoms with Gasteiger partial charge in [0.2, 0.25) is 5.91 Å². The topological polar surface area (TPSA) is 72.6 Å². The molecule has 1 aromatic carbocycles. The van der Waals surface area contributed by atoms with Crippen LogP contribution in [0.15, 0.2) is 24.3 Å². The minimum atomic E-state index is -0.0488. The molecule has 0 radical (unpaired) electrons. The average Bonchev–Trinajstić information content (AvgIpc) is 2.57. The molecule has 0 saturated carbocycles. The van der Waals surface area contributed by atoms with E-state index in [0.717, 1.165) is 18.7 Å². The molecule has 25 heavy (non-hydrogen) atoms. The van der Waals surface area contributed by atoms with E-state index in [1.165, 1.54) is 0 Å². The van der Waals surface area contributed by atoms with Crippen LogP contribution >= 0.6 is 12.4 Å². The molecule has 2 N–H and O–H groups in total. The molecule has 140 valence electrons. The van der Waals surface area contributed by atoms with Gasteiger partial charge in [0.1, 0.15) is 5.75 Å². The van der Waals surface area contributed by atoms with Gasteiger partial charge in [-0.25, -0.2) is 0 Å². The van der Waals surface area contributed by atoms with Crippen LogP contribution in [0.25, 0.3) is 0 Å². The fourth-order valence-electron chi connectivity index (χ4n) is 3.07. The van der Waals surface area contributed by atoms with Crippen LogP contribution in [0.4, 0.5) is 0 Å². The maximum Gasteiger partial charge on any atom is 0.222 e. The average molecular weight is 369 g/mol. The highest BCUT2D eigenvalue weighted by Gasteiger charge is 2.34. The number of Topliss-reactive ketones (excluding diaryl/α,β-unsaturated/α-hetero) is 1. The number of piperidine rings is 1. The third-order valence-electron chi connectivity index (χ3n) is 4.87. The van der Waals surface area contributed by atoms with E-state index in [4.69, 9.17) is 10.5 Å². The standard InChI is InChI=1S/C19H28N2O3.ClH/c1-19(2)13-21(12-11-17(19)20)18(23)6-4-5-16(22)14-7-9-15(24-3)10-8-14;/h7-10,17H,4-6,11-13,20H2,1-3H3;1H. The van der Waals surface area contributed by atoms with Crippen molar-refractivity contribution in [2.45, 2.75) is 45.6 Å². The number of benzene rings is 1. The van der Waals surface area contributed by atoms with Crippen LogP contribution in [-0.2, 0) is 4.79 Å². The SMILES string of the molecule is COc1ccc(C(=O)CCCC(=O)N2CCC(N)C(C)(C)C2)cc1.Cl. The molecule has 1 fully saturated rings. The first kappa shape index (κ1) is 21.5. The van der Waals surface area contributed by atoms with Crippen LogP contribution in [0, 0.1) is 5.41 Å². The minimum absolute atomic E-state index is 0. The highest BCUT2D eigenvalue weighted by Crippen LogP contribution is 2.28. The largest absolute Gasteiger partial charge is 0.497 e. The van der Waals surface area contributed by atoms with Gasteiger partial charge in [-0.05, 0) is 42.5 Å². The maximum atomic E-state index is 12.4. The molecule has 0 aromatic heterocycles. The van der Waals surface area contributed by atoms with Crippen LogP contribution < -0.4 is 10.5 Å². The second-order valence-corrected chi connectivity index (χ2v) is 7.20. The van der Waals surface area contributed by atoms with Crippen molar-refractivity contribution < 1.29 is 14.3 Å². The smallest absolute Gasteiger partial charge is 0.222 e. The Bertz CT molecular complexity index is 587. The maximum absolute atomic E-state index is 12.4. The zero-order valence-electron chi connectivity index (χ0n) is 15.3. The van der Waals surface area contributed by atoms with Crippen molar-refractivity contribution in [1.82, 2.24) is 4.90 Å². The first-order valence-corrected chi connectivity index (χ1v) is 8.54. The van der Waals surface area contributed by atoms with Gasteiger partial charge in [0, 0.05) is 37.5 Å². The van der Waals surface area contributed by atoms with Crippen molar-refractivity contribution in [3.63, 3.8) is 0 Å². The number of ether oxygens (including phenoxy) is 1. The number of amides is 1. The van der Waals surface area contributed by atoms with Crippen LogP contribution in [0.3, 0.4) is 0 Å². The van der Waals surface area contributed by atoms with Crippen LogP contribution in [0.5, 0.6) is 5.75 Å². The molecule has 1 aliphatic rings. The molecule has 1 unspecified atom stereocenters. The molecule has 1 heterocycles. The van der Waals surface area contributed by atoms with Crippen molar-refractivity contribution in [2.75, 3.05) is 20.2 Å². The first-order valence-electron chi connectivity index (χ1n) is 8.54. The van der Waals surface area contributed by atoms with Crippen LogP contribution in [0.2, 0.25) is 0 Å². The van der Waals surface area contributed by atoms with E-state index < -0.39 is 0 Å². The summed E-state index contributed by atoms with van der Waals surface area (Å²) in [6.07, 6.45) is 2.21. The number of nitrogens with two attached hydrogens (primary N) is 1. The van der Waals surface area contributed by atoms with Gasteiger partial charge in [-0.1, -0.05) is 13.8 Å². The summed E-state index contributed by atoms with van der Waals surface area (Å²) >= 11 is 0. The molecule has 0 aliphatic carbocycles. The lowest BCUT2D eigenvalue weighted by molar-refractivity contribution is -0.134. The predicted molar refractivity (Wildman–Crippen MR) is 101 cm³/mol. The third kappa shape index (κ3) is 5.72. The lowest BCUT2D eigenvalue weighted by atomic mass is 9.79. The number of hydrogen-bond acceptors (Lipinski definition) is 4. The predicted octanol–water partition coefficient (Wildman–Crippen LogP) is 3.06. The number of methoxy groups -OCH3 is 1. The molecular formula is C19H29ClN2O3. The molecule has 1 atom stereocenters. The summed E-state index contributed by atoms with van der Waals surface area (Å²) in [7, 11) is 1.59. The fraction of sp³-hybridized carbons (Fsp3) is 0.579. The van der Waals surface area contributed by atoms with E-state index in [9.17, 15) is 9.59 Å². The molecular weight excluding hydrogens is 340 g/mol. The van der Waals surface area contributed by atoms with Crippen molar-refractivity contribution >= 4 is 24.1 Å². The van der Waals surface area contributed by atoms with Gasteiger partial charge in [-0.2, -0.15) is 0 Å². The third-order valence-corrected chi connectivity index (χ3v) is 4.87. The second-order valence-electron chi connectivity index (χ2n) is 7.20. The number of nitrogens with zero attached hydrogens (tertiary/aromatic N) is 1. The Kier molecular flexibility index (Phi) is 7.90. The van der Waals surface area contributed by atoms with E-state index in [0.29, 0.717) is 31.4 Å². The summed E-state index contributed by atoms with van der Waals surface area (Å²) in [5.74, 6) is 0.914. The summed E-state index contributed by atoms with van der Waals surface area (Å²) in [6.45, 7) is 5.61. The van der Waals surface area contributed by atoms with Crippen LogP contribution in [0.1, 0.15) is 49.9 Å². The number of ketones is 1. The Morgan fingerprint density at radius 1 is 1.24 bits per heavy atom. The van der Waals surface area contributed by atoms with Gasteiger partial charge in [-0.15, -0.1) is 12.4 Å². The quantitative estimate of drug-likeness (QED) is 0.783. The Morgan fingerprint density at radius 2 is 1.88 bits per heavy atom. The Morgan fingerprint density at radius 3 is 2.44 bits per heavy atom. The van der Waals surface area contributed by atoms with Gasteiger partial charge < -0.3 is 15.4 Å². The van der Waals surface area contributed by atoms with Gasteiger partial charge in [0.25, 0.3) is 0 Å². The minimum Gasteiger partial charge on any atom is -0.497 e. The number of halogens is 1. The molecule has 0 spiro atoms. The number of carbonyl (C=O) groups excluding carboxylic acids is 2. The van der Waals surface area contributed by atoms with E-state index in [1.807, 2.05) is 4.90 Å². The molecule has 0 bridgehead atoms.